The normalized spacial score (nSPS) is 18.4. The smallest absolute Gasteiger partial charge is 0.414 e. The van der Waals surface area contributed by atoms with E-state index in [4.69, 9.17) is 4.74 Å². The zero-order chi connectivity index (χ0) is 20.3. The molecule has 2 fully saturated rings. The summed E-state index contributed by atoms with van der Waals surface area (Å²) >= 11 is 0. The van der Waals surface area contributed by atoms with E-state index in [0.717, 1.165) is 12.8 Å². The van der Waals surface area contributed by atoms with Gasteiger partial charge in [0, 0.05) is 23.2 Å². The lowest BCUT2D eigenvalue weighted by Gasteiger charge is -2.38. The third kappa shape index (κ3) is 4.14. The van der Waals surface area contributed by atoms with E-state index in [1.165, 1.54) is 30.4 Å². The Bertz CT molecular complexity index is 903. The van der Waals surface area contributed by atoms with Crippen molar-refractivity contribution in [3.8, 4) is 0 Å². The molecule has 0 bridgehead atoms. The summed E-state index contributed by atoms with van der Waals surface area (Å²) in [5.74, 6) is -0.1000. The number of carbonyl (C=O) groups is 2. The van der Waals surface area contributed by atoms with Crippen LogP contribution in [0.5, 0.6) is 0 Å². The van der Waals surface area contributed by atoms with E-state index in [0.29, 0.717) is 30.9 Å². The van der Waals surface area contributed by atoms with Gasteiger partial charge in [-0.05, 0) is 43.5 Å². The van der Waals surface area contributed by atoms with Gasteiger partial charge in [0.2, 0.25) is 0 Å². The van der Waals surface area contributed by atoms with Crippen LogP contribution < -0.4 is 10.2 Å². The van der Waals surface area contributed by atoms with Crippen LogP contribution in [0.3, 0.4) is 0 Å². The summed E-state index contributed by atoms with van der Waals surface area (Å²) in [4.78, 5) is 26.3. The molecule has 1 aliphatic carbocycles. The number of hydrogen-bond donors (Lipinski definition) is 1. The second kappa shape index (κ2) is 8.27. The molecule has 0 unspecified atom stereocenters. The molecule has 0 radical (unpaired) electrons. The molecule has 29 heavy (non-hydrogen) atoms. The second-order valence-electron chi connectivity index (χ2n) is 8.21. The second-order valence-corrected chi connectivity index (χ2v) is 8.21. The van der Waals surface area contributed by atoms with Gasteiger partial charge in [0.05, 0.1) is 6.54 Å². The summed E-state index contributed by atoms with van der Waals surface area (Å²) in [6, 6.07) is 15.9. The van der Waals surface area contributed by atoms with Crippen LogP contribution in [-0.2, 0) is 10.2 Å². The highest BCUT2D eigenvalue weighted by Gasteiger charge is 2.34. The molecule has 2 amide bonds. The summed E-state index contributed by atoms with van der Waals surface area (Å²) < 4.78 is 5.01. The third-order valence-electron chi connectivity index (χ3n) is 6.21. The Morgan fingerprint density at radius 3 is 2.62 bits per heavy atom. The molecular weight excluding hydrogens is 364 g/mol. The van der Waals surface area contributed by atoms with Gasteiger partial charge in [-0.15, -0.1) is 0 Å². The van der Waals surface area contributed by atoms with Crippen molar-refractivity contribution < 1.29 is 14.3 Å². The maximum absolute atomic E-state index is 12.9. The molecule has 2 aliphatic rings. The van der Waals surface area contributed by atoms with Gasteiger partial charge in [-0.3, -0.25) is 9.69 Å². The Hall–Kier alpha value is -2.82. The van der Waals surface area contributed by atoms with Crippen LogP contribution in [0.25, 0.3) is 0 Å². The van der Waals surface area contributed by atoms with Crippen LogP contribution in [-0.4, -0.2) is 31.7 Å². The summed E-state index contributed by atoms with van der Waals surface area (Å²) in [6.45, 7) is 3.65. The first kappa shape index (κ1) is 19.5. The van der Waals surface area contributed by atoms with Crippen LogP contribution in [0.2, 0.25) is 0 Å². The monoisotopic (exact) mass is 392 g/mol. The molecule has 1 heterocycles. The van der Waals surface area contributed by atoms with E-state index >= 15 is 0 Å². The minimum Gasteiger partial charge on any atom is -0.447 e. The van der Waals surface area contributed by atoms with Crippen LogP contribution in [0.15, 0.2) is 48.5 Å². The first-order valence-corrected chi connectivity index (χ1v) is 10.5. The molecule has 152 valence electrons. The third-order valence-corrected chi connectivity index (χ3v) is 6.21. The standard InChI is InChI=1S/C24H28N2O3/c1-18-7-5-9-20(15-18)24(11-3-2-4-12-24)17-25-22(27)19-8-6-10-21(16-19)26-13-14-29-23(26)28/h5-10,15-16H,2-4,11-14,17H2,1H3,(H,25,27). The topological polar surface area (TPSA) is 58.6 Å². The lowest BCUT2D eigenvalue weighted by Crippen LogP contribution is -2.42. The molecule has 2 aromatic rings. The first-order valence-electron chi connectivity index (χ1n) is 10.5. The molecule has 0 aromatic heterocycles. The van der Waals surface area contributed by atoms with Gasteiger partial charge in [0.25, 0.3) is 5.91 Å². The number of benzene rings is 2. The minimum absolute atomic E-state index is 0.00367. The Morgan fingerprint density at radius 1 is 1.10 bits per heavy atom. The lowest BCUT2D eigenvalue weighted by molar-refractivity contribution is 0.0936. The molecule has 5 heteroatoms. The molecule has 2 aromatic carbocycles. The highest BCUT2D eigenvalue weighted by molar-refractivity contribution is 5.97. The quantitative estimate of drug-likeness (QED) is 0.810. The van der Waals surface area contributed by atoms with Gasteiger partial charge >= 0.3 is 6.09 Å². The van der Waals surface area contributed by atoms with Gasteiger partial charge in [0.15, 0.2) is 0 Å². The summed E-state index contributed by atoms with van der Waals surface area (Å²) in [5.41, 5.74) is 3.84. The lowest BCUT2D eigenvalue weighted by atomic mass is 9.69. The number of ether oxygens (including phenoxy) is 1. The number of nitrogens with zero attached hydrogens (tertiary/aromatic N) is 1. The van der Waals surface area contributed by atoms with Crippen molar-refractivity contribution >= 4 is 17.7 Å². The Labute approximate surface area is 172 Å². The fourth-order valence-corrected chi connectivity index (χ4v) is 4.57. The number of amides is 2. The Morgan fingerprint density at radius 2 is 1.90 bits per heavy atom. The molecule has 1 N–H and O–H groups in total. The predicted octanol–water partition coefficient (Wildman–Crippen LogP) is 4.58. The SMILES string of the molecule is Cc1cccc(C2(CNC(=O)c3cccc(N4CCOC4=O)c3)CCCCC2)c1. The number of nitrogens with one attached hydrogen (secondary N) is 1. The minimum atomic E-state index is -0.358. The maximum Gasteiger partial charge on any atom is 0.414 e. The zero-order valence-corrected chi connectivity index (χ0v) is 16.9. The highest BCUT2D eigenvalue weighted by Crippen LogP contribution is 2.39. The van der Waals surface area contributed by atoms with Crippen LogP contribution in [0, 0.1) is 6.92 Å². The predicted molar refractivity (Wildman–Crippen MR) is 113 cm³/mol. The average Bonchev–Trinajstić information content (AvgIpc) is 3.19. The van der Waals surface area contributed by atoms with E-state index in [1.54, 1.807) is 17.0 Å². The van der Waals surface area contributed by atoms with E-state index in [2.05, 4.69) is 36.5 Å². The van der Waals surface area contributed by atoms with Crippen molar-refractivity contribution in [2.75, 3.05) is 24.6 Å². The first-order chi connectivity index (χ1) is 14.1. The molecule has 4 rings (SSSR count). The number of cyclic esters (lactones) is 1. The fourth-order valence-electron chi connectivity index (χ4n) is 4.57. The molecular formula is C24H28N2O3. The summed E-state index contributed by atoms with van der Waals surface area (Å²) in [7, 11) is 0. The Kier molecular flexibility index (Phi) is 5.56. The molecule has 1 aliphatic heterocycles. The van der Waals surface area contributed by atoms with Crippen LogP contribution >= 0.6 is 0 Å². The highest BCUT2D eigenvalue weighted by atomic mass is 16.6. The Balaban J connectivity index is 1.51. The fraction of sp³-hybridized carbons (Fsp3) is 0.417. The molecule has 5 nitrogen and oxygen atoms in total. The van der Waals surface area contributed by atoms with Gasteiger partial charge < -0.3 is 10.1 Å². The number of anilines is 1. The van der Waals surface area contributed by atoms with Crippen LogP contribution in [0.4, 0.5) is 10.5 Å². The summed E-state index contributed by atoms with van der Waals surface area (Å²) in [6.07, 6.45) is 5.47. The zero-order valence-electron chi connectivity index (χ0n) is 16.9. The molecule has 0 spiro atoms. The molecule has 1 saturated carbocycles. The van der Waals surface area contributed by atoms with Crippen molar-refractivity contribution in [3.05, 3.63) is 65.2 Å². The molecule has 1 saturated heterocycles. The van der Waals surface area contributed by atoms with Gasteiger partial charge in [-0.2, -0.15) is 0 Å². The van der Waals surface area contributed by atoms with E-state index < -0.39 is 0 Å². The van der Waals surface area contributed by atoms with Gasteiger partial charge in [-0.25, -0.2) is 4.79 Å². The number of carbonyl (C=O) groups excluding carboxylic acids is 2. The van der Waals surface area contributed by atoms with Crippen molar-refractivity contribution in [3.63, 3.8) is 0 Å². The van der Waals surface area contributed by atoms with Gasteiger partial charge in [-0.1, -0.05) is 55.2 Å². The number of rotatable bonds is 5. The van der Waals surface area contributed by atoms with Crippen molar-refractivity contribution in [1.82, 2.24) is 5.32 Å². The van der Waals surface area contributed by atoms with Crippen LogP contribution in [0.1, 0.15) is 53.6 Å². The van der Waals surface area contributed by atoms with E-state index in [-0.39, 0.29) is 17.4 Å². The molecule has 0 atom stereocenters. The maximum atomic E-state index is 12.9. The van der Waals surface area contributed by atoms with Crippen molar-refractivity contribution in [2.24, 2.45) is 0 Å². The van der Waals surface area contributed by atoms with E-state index in [1.807, 2.05) is 12.1 Å². The van der Waals surface area contributed by atoms with Gasteiger partial charge in [0.1, 0.15) is 6.61 Å². The summed E-state index contributed by atoms with van der Waals surface area (Å²) in [5, 5.41) is 3.18. The van der Waals surface area contributed by atoms with E-state index in [9.17, 15) is 9.59 Å². The van der Waals surface area contributed by atoms with Crippen molar-refractivity contribution in [1.29, 1.82) is 0 Å². The number of hydrogen-bond acceptors (Lipinski definition) is 3. The largest absolute Gasteiger partial charge is 0.447 e. The average molecular weight is 392 g/mol. The van der Waals surface area contributed by atoms with Crippen molar-refractivity contribution in [2.45, 2.75) is 44.4 Å². The number of aryl methyl sites for hydroxylation is 1.